The SMILES string of the molecule is CCC1(C)C(=O)C(C(C)C)N=C1C. The number of carbonyl (C=O) groups is 1. The Balaban J connectivity index is 2.99. The van der Waals surface area contributed by atoms with Crippen LogP contribution in [0, 0.1) is 11.3 Å². The van der Waals surface area contributed by atoms with Crippen LogP contribution in [-0.2, 0) is 4.79 Å². The maximum absolute atomic E-state index is 12.0. The first-order chi connectivity index (χ1) is 5.93. The van der Waals surface area contributed by atoms with Gasteiger partial charge in [0.2, 0.25) is 0 Å². The summed E-state index contributed by atoms with van der Waals surface area (Å²) in [6.45, 7) is 10.2. The Kier molecular flexibility index (Phi) is 2.60. The Morgan fingerprint density at radius 2 is 2.08 bits per heavy atom. The van der Waals surface area contributed by atoms with Gasteiger partial charge in [0.15, 0.2) is 5.78 Å². The summed E-state index contributed by atoms with van der Waals surface area (Å²) in [4.78, 5) is 16.5. The van der Waals surface area contributed by atoms with Gasteiger partial charge in [0.25, 0.3) is 0 Å². The molecule has 13 heavy (non-hydrogen) atoms. The zero-order valence-corrected chi connectivity index (χ0v) is 9.22. The molecule has 0 spiro atoms. The number of hydrogen-bond donors (Lipinski definition) is 0. The fourth-order valence-electron chi connectivity index (χ4n) is 1.80. The monoisotopic (exact) mass is 181 g/mol. The van der Waals surface area contributed by atoms with Crippen molar-refractivity contribution in [3.63, 3.8) is 0 Å². The van der Waals surface area contributed by atoms with Crippen molar-refractivity contribution in [2.45, 2.75) is 47.1 Å². The lowest BCUT2D eigenvalue weighted by molar-refractivity contribution is -0.125. The van der Waals surface area contributed by atoms with E-state index in [0.717, 1.165) is 12.1 Å². The van der Waals surface area contributed by atoms with E-state index in [1.54, 1.807) is 0 Å². The molecule has 1 aliphatic heterocycles. The number of ketones is 1. The molecule has 0 aromatic rings. The van der Waals surface area contributed by atoms with Gasteiger partial charge in [0.1, 0.15) is 6.04 Å². The fraction of sp³-hybridized carbons (Fsp3) is 0.818. The van der Waals surface area contributed by atoms with Crippen LogP contribution in [0.15, 0.2) is 4.99 Å². The van der Waals surface area contributed by atoms with Crippen LogP contribution < -0.4 is 0 Å². The standard InChI is InChI=1S/C11H19NO/c1-6-11(5)8(4)12-9(7(2)3)10(11)13/h7,9H,6H2,1-5H3. The molecule has 2 atom stereocenters. The van der Waals surface area contributed by atoms with Gasteiger partial charge in [-0.05, 0) is 26.2 Å². The Hall–Kier alpha value is -0.660. The average molecular weight is 181 g/mol. The van der Waals surface area contributed by atoms with Crippen molar-refractivity contribution in [1.82, 2.24) is 0 Å². The maximum atomic E-state index is 12.0. The van der Waals surface area contributed by atoms with Gasteiger partial charge in [-0.2, -0.15) is 0 Å². The summed E-state index contributed by atoms with van der Waals surface area (Å²) in [7, 11) is 0. The van der Waals surface area contributed by atoms with E-state index in [1.807, 2.05) is 13.8 Å². The number of hydrogen-bond acceptors (Lipinski definition) is 2. The van der Waals surface area contributed by atoms with Crippen molar-refractivity contribution in [3.8, 4) is 0 Å². The minimum atomic E-state index is -0.283. The highest BCUT2D eigenvalue weighted by atomic mass is 16.1. The predicted octanol–water partition coefficient (Wildman–Crippen LogP) is 2.47. The van der Waals surface area contributed by atoms with Gasteiger partial charge >= 0.3 is 0 Å². The van der Waals surface area contributed by atoms with Crippen LogP contribution in [0.2, 0.25) is 0 Å². The number of Topliss-reactive ketones (excluding diaryl/α,β-unsaturated/α-hetero) is 1. The zero-order valence-electron chi connectivity index (χ0n) is 9.22. The summed E-state index contributed by atoms with van der Waals surface area (Å²) < 4.78 is 0. The van der Waals surface area contributed by atoms with Gasteiger partial charge in [0, 0.05) is 5.71 Å². The molecular formula is C11H19NO. The first kappa shape index (κ1) is 10.4. The quantitative estimate of drug-likeness (QED) is 0.643. The minimum Gasteiger partial charge on any atom is -0.296 e. The smallest absolute Gasteiger partial charge is 0.168 e. The lowest BCUT2D eigenvalue weighted by Crippen LogP contribution is -2.35. The molecule has 2 unspecified atom stereocenters. The summed E-state index contributed by atoms with van der Waals surface area (Å²) in [5.74, 6) is 0.637. The van der Waals surface area contributed by atoms with Crippen molar-refractivity contribution in [2.75, 3.05) is 0 Å². The van der Waals surface area contributed by atoms with Crippen molar-refractivity contribution in [1.29, 1.82) is 0 Å². The molecule has 0 saturated carbocycles. The molecule has 0 aromatic carbocycles. The van der Waals surface area contributed by atoms with Crippen molar-refractivity contribution < 1.29 is 4.79 Å². The van der Waals surface area contributed by atoms with Crippen LogP contribution in [0.3, 0.4) is 0 Å². The summed E-state index contributed by atoms with van der Waals surface area (Å²) in [5.41, 5.74) is 0.730. The van der Waals surface area contributed by atoms with Crippen molar-refractivity contribution >= 4 is 11.5 Å². The number of carbonyl (C=O) groups excluding carboxylic acids is 1. The lowest BCUT2D eigenvalue weighted by Gasteiger charge is -2.22. The molecule has 1 aliphatic rings. The lowest BCUT2D eigenvalue weighted by atomic mass is 9.77. The van der Waals surface area contributed by atoms with Crippen LogP contribution in [-0.4, -0.2) is 17.5 Å². The Morgan fingerprint density at radius 1 is 1.54 bits per heavy atom. The predicted molar refractivity (Wildman–Crippen MR) is 55.1 cm³/mol. The molecule has 0 fully saturated rings. The second kappa shape index (κ2) is 3.24. The molecule has 0 saturated heterocycles. The van der Waals surface area contributed by atoms with E-state index in [2.05, 4.69) is 25.8 Å². The molecule has 0 aliphatic carbocycles. The van der Waals surface area contributed by atoms with Crippen LogP contribution >= 0.6 is 0 Å². The first-order valence-corrected chi connectivity index (χ1v) is 5.02. The molecule has 0 N–H and O–H groups in total. The molecular weight excluding hydrogens is 162 g/mol. The van der Waals surface area contributed by atoms with Crippen LogP contribution in [0.5, 0.6) is 0 Å². The molecule has 0 radical (unpaired) electrons. The van der Waals surface area contributed by atoms with Gasteiger partial charge in [-0.25, -0.2) is 0 Å². The zero-order chi connectivity index (χ0) is 10.2. The molecule has 0 amide bonds. The van der Waals surface area contributed by atoms with Gasteiger partial charge in [0.05, 0.1) is 5.41 Å². The van der Waals surface area contributed by atoms with E-state index in [-0.39, 0.29) is 11.5 Å². The van der Waals surface area contributed by atoms with Gasteiger partial charge in [-0.3, -0.25) is 9.79 Å². The second-order valence-electron chi connectivity index (χ2n) is 4.45. The van der Waals surface area contributed by atoms with Crippen LogP contribution in [0.25, 0.3) is 0 Å². The Bertz CT molecular complexity index is 255. The topological polar surface area (TPSA) is 29.4 Å². The summed E-state index contributed by atoms with van der Waals surface area (Å²) in [5, 5.41) is 0. The van der Waals surface area contributed by atoms with Crippen LogP contribution in [0.1, 0.15) is 41.0 Å². The molecule has 0 bridgehead atoms. The van der Waals surface area contributed by atoms with E-state index >= 15 is 0 Å². The molecule has 2 nitrogen and oxygen atoms in total. The normalized spacial score (nSPS) is 34.2. The van der Waals surface area contributed by atoms with Crippen molar-refractivity contribution in [3.05, 3.63) is 0 Å². The van der Waals surface area contributed by atoms with E-state index in [4.69, 9.17) is 0 Å². The second-order valence-corrected chi connectivity index (χ2v) is 4.45. The first-order valence-electron chi connectivity index (χ1n) is 5.02. The number of rotatable bonds is 2. The highest BCUT2D eigenvalue weighted by Crippen LogP contribution is 2.35. The molecule has 2 heteroatoms. The number of aliphatic imine (C=N–C) groups is 1. The van der Waals surface area contributed by atoms with Crippen molar-refractivity contribution in [2.24, 2.45) is 16.3 Å². The van der Waals surface area contributed by atoms with E-state index in [0.29, 0.717) is 11.7 Å². The van der Waals surface area contributed by atoms with Gasteiger partial charge in [-0.15, -0.1) is 0 Å². The third-order valence-corrected chi connectivity index (χ3v) is 3.28. The Morgan fingerprint density at radius 3 is 2.31 bits per heavy atom. The average Bonchev–Trinajstić information content (AvgIpc) is 2.30. The third-order valence-electron chi connectivity index (χ3n) is 3.28. The maximum Gasteiger partial charge on any atom is 0.168 e. The molecule has 74 valence electrons. The highest BCUT2D eigenvalue weighted by molar-refractivity contribution is 6.14. The van der Waals surface area contributed by atoms with Gasteiger partial charge in [-0.1, -0.05) is 20.8 Å². The van der Waals surface area contributed by atoms with E-state index < -0.39 is 0 Å². The highest BCUT2D eigenvalue weighted by Gasteiger charge is 2.44. The molecule has 1 heterocycles. The summed E-state index contributed by atoms with van der Waals surface area (Å²) in [6, 6.07) is -0.0926. The Labute approximate surface area is 80.4 Å². The fourth-order valence-corrected chi connectivity index (χ4v) is 1.80. The molecule has 1 rings (SSSR count). The number of nitrogens with zero attached hydrogens (tertiary/aromatic N) is 1. The van der Waals surface area contributed by atoms with E-state index in [9.17, 15) is 4.79 Å². The third kappa shape index (κ3) is 1.43. The summed E-state index contributed by atoms with van der Waals surface area (Å²) in [6.07, 6.45) is 0.865. The van der Waals surface area contributed by atoms with E-state index in [1.165, 1.54) is 0 Å². The van der Waals surface area contributed by atoms with Crippen LogP contribution in [0.4, 0.5) is 0 Å². The van der Waals surface area contributed by atoms with Gasteiger partial charge < -0.3 is 0 Å². The minimum absolute atomic E-state index is 0.0926. The molecule has 0 aromatic heterocycles. The summed E-state index contributed by atoms with van der Waals surface area (Å²) >= 11 is 0. The largest absolute Gasteiger partial charge is 0.296 e.